The second-order valence-corrected chi connectivity index (χ2v) is 3.22. The predicted octanol–water partition coefficient (Wildman–Crippen LogP) is 2.38. The van der Waals surface area contributed by atoms with Crippen LogP contribution >= 0.6 is 0 Å². The van der Waals surface area contributed by atoms with Crippen LogP contribution in [0.5, 0.6) is 5.75 Å². The maximum Gasteiger partial charge on any atom is 0.387 e. The molecule has 88 valence electrons. The van der Waals surface area contributed by atoms with Crippen molar-refractivity contribution in [2.75, 3.05) is 13.6 Å². The SMILES string of the molecule is CCN(C)C(=O)c1ccc(OC(F)F)cc1. The molecule has 1 aromatic carbocycles. The molecular formula is C11H13F2NO2. The number of alkyl halides is 2. The molecule has 0 heterocycles. The van der Waals surface area contributed by atoms with Crippen LogP contribution in [-0.4, -0.2) is 31.0 Å². The van der Waals surface area contributed by atoms with E-state index in [0.717, 1.165) is 0 Å². The quantitative estimate of drug-likeness (QED) is 0.793. The van der Waals surface area contributed by atoms with E-state index in [1.165, 1.54) is 29.2 Å². The molecule has 1 amide bonds. The lowest BCUT2D eigenvalue weighted by Gasteiger charge is -2.14. The molecule has 0 N–H and O–H groups in total. The first-order valence-corrected chi connectivity index (χ1v) is 4.85. The number of nitrogens with zero attached hydrogens (tertiary/aromatic N) is 1. The number of amides is 1. The summed E-state index contributed by atoms with van der Waals surface area (Å²) >= 11 is 0. The van der Waals surface area contributed by atoms with Crippen LogP contribution in [0.15, 0.2) is 24.3 Å². The third-order valence-electron chi connectivity index (χ3n) is 2.15. The van der Waals surface area contributed by atoms with Gasteiger partial charge in [-0.05, 0) is 31.2 Å². The molecule has 0 aromatic heterocycles. The molecule has 0 unspecified atom stereocenters. The number of hydrogen-bond donors (Lipinski definition) is 0. The summed E-state index contributed by atoms with van der Waals surface area (Å²) in [4.78, 5) is 13.2. The van der Waals surface area contributed by atoms with Gasteiger partial charge in [0.05, 0.1) is 0 Å². The molecule has 0 spiro atoms. The molecule has 1 aromatic rings. The molecule has 0 saturated heterocycles. The van der Waals surface area contributed by atoms with Crippen LogP contribution in [0.2, 0.25) is 0 Å². The van der Waals surface area contributed by atoms with E-state index >= 15 is 0 Å². The molecule has 5 heteroatoms. The normalized spacial score (nSPS) is 10.3. The van der Waals surface area contributed by atoms with E-state index in [9.17, 15) is 13.6 Å². The van der Waals surface area contributed by atoms with Crippen molar-refractivity contribution in [2.45, 2.75) is 13.5 Å². The van der Waals surface area contributed by atoms with Gasteiger partial charge in [-0.25, -0.2) is 0 Å². The maximum atomic E-state index is 11.9. The summed E-state index contributed by atoms with van der Waals surface area (Å²) in [6, 6.07) is 5.63. The maximum absolute atomic E-state index is 11.9. The third-order valence-corrected chi connectivity index (χ3v) is 2.15. The molecule has 3 nitrogen and oxygen atoms in total. The predicted molar refractivity (Wildman–Crippen MR) is 55.7 cm³/mol. The second kappa shape index (κ2) is 5.44. The average Bonchev–Trinajstić information content (AvgIpc) is 2.27. The summed E-state index contributed by atoms with van der Waals surface area (Å²) in [6.07, 6.45) is 0. The van der Waals surface area contributed by atoms with Crippen molar-refractivity contribution in [2.24, 2.45) is 0 Å². The standard InChI is InChI=1S/C11H13F2NO2/c1-3-14(2)10(15)8-4-6-9(7-5-8)16-11(12)13/h4-7,11H,3H2,1-2H3. The smallest absolute Gasteiger partial charge is 0.387 e. The highest BCUT2D eigenvalue weighted by molar-refractivity contribution is 5.94. The van der Waals surface area contributed by atoms with Gasteiger partial charge in [0.1, 0.15) is 5.75 Å². The lowest BCUT2D eigenvalue weighted by atomic mass is 10.2. The Morgan fingerprint density at radius 1 is 1.38 bits per heavy atom. The number of carbonyl (C=O) groups excluding carboxylic acids is 1. The van der Waals surface area contributed by atoms with Gasteiger partial charge >= 0.3 is 6.61 Å². The number of hydrogen-bond acceptors (Lipinski definition) is 2. The van der Waals surface area contributed by atoms with E-state index in [0.29, 0.717) is 12.1 Å². The first-order chi connectivity index (χ1) is 7.54. The topological polar surface area (TPSA) is 29.5 Å². The van der Waals surface area contributed by atoms with Gasteiger partial charge in [0.2, 0.25) is 0 Å². The van der Waals surface area contributed by atoms with Gasteiger partial charge in [-0.1, -0.05) is 0 Å². The number of rotatable bonds is 4. The van der Waals surface area contributed by atoms with E-state index in [2.05, 4.69) is 4.74 Å². The third kappa shape index (κ3) is 3.18. The first kappa shape index (κ1) is 12.4. The van der Waals surface area contributed by atoms with Gasteiger partial charge in [-0.2, -0.15) is 8.78 Å². The van der Waals surface area contributed by atoms with E-state index in [1.807, 2.05) is 6.92 Å². The molecule has 0 aliphatic heterocycles. The molecule has 0 fully saturated rings. The Morgan fingerprint density at radius 3 is 2.38 bits per heavy atom. The highest BCUT2D eigenvalue weighted by Gasteiger charge is 2.10. The zero-order valence-corrected chi connectivity index (χ0v) is 9.11. The van der Waals surface area contributed by atoms with Gasteiger partial charge in [-0.15, -0.1) is 0 Å². The van der Waals surface area contributed by atoms with E-state index in [4.69, 9.17) is 0 Å². The minimum atomic E-state index is -2.85. The molecule has 0 aliphatic carbocycles. The lowest BCUT2D eigenvalue weighted by Crippen LogP contribution is -2.26. The Hall–Kier alpha value is -1.65. The largest absolute Gasteiger partial charge is 0.435 e. The number of benzene rings is 1. The summed E-state index contributed by atoms with van der Waals surface area (Å²) < 4.78 is 27.9. The number of ether oxygens (including phenoxy) is 1. The van der Waals surface area contributed by atoms with Crippen LogP contribution in [0, 0.1) is 0 Å². The van der Waals surface area contributed by atoms with E-state index in [1.54, 1.807) is 7.05 Å². The minimum Gasteiger partial charge on any atom is -0.435 e. The van der Waals surface area contributed by atoms with E-state index < -0.39 is 6.61 Å². The summed E-state index contributed by atoms with van der Waals surface area (Å²) in [6.45, 7) is -0.403. The average molecular weight is 229 g/mol. The number of halogens is 2. The van der Waals surface area contributed by atoms with Gasteiger partial charge in [0.25, 0.3) is 5.91 Å². The first-order valence-electron chi connectivity index (χ1n) is 4.85. The second-order valence-electron chi connectivity index (χ2n) is 3.22. The van der Waals surface area contributed by atoms with Crippen molar-refractivity contribution in [3.63, 3.8) is 0 Å². The minimum absolute atomic E-state index is 0.0469. The van der Waals surface area contributed by atoms with Gasteiger partial charge < -0.3 is 9.64 Å². The van der Waals surface area contributed by atoms with Crippen molar-refractivity contribution in [1.82, 2.24) is 4.90 Å². The van der Waals surface area contributed by atoms with Crippen LogP contribution in [0.1, 0.15) is 17.3 Å². The van der Waals surface area contributed by atoms with Gasteiger partial charge in [0.15, 0.2) is 0 Å². The van der Waals surface area contributed by atoms with E-state index in [-0.39, 0.29) is 11.7 Å². The Labute approximate surface area is 92.6 Å². The Morgan fingerprint density at radius 2 is 1.94 bits per heavy atom. The summed E-state index contributed by atoms with van der Waals surface area (Å²) in [5.74, 6) is -0.100. The van der Waals surface area contributed by atoms with Gasteiger partial charge in [0, 0.05) is 19.2 Å². The summed E-state index contributed by atoms with van der Waals surface area (Å²) in [5, 5.41) is 0. The molecular weight excluding hydrogens is 216 g/mol. The molecule has 0 saturated carbocycles. The lowest BCUT2D eigenvalue weighted by molar-refractivity contribution is -0.0498. The van der Waals surface area contributed by atoms with Crippen LogP contribution in [-0.2, 0) is 0 Å². The fourth-order valence-electron chi connectivity index (χ4n) is 1.14. The summed E-state index contributed by atoms with van der Waals surface area (Å²) in [7, 11) is 1.67. The van der Waals surface area contributed by atoms with Crippen LogP contribution in [0.25, 0.3) is 0 Å². The Balaban J connectivity index is 2.74. The molecule has 0 aliphatic rings. The molecule has 0 bridgehead atoms. The van der Waals surface area contributed by atoms with Crippen LogP contribution in [0.4, 0.5) is 8.78 Å². The zero-order chi connectivity index (χ0) is 12.1. The van der Waals surface area contributed by atoms with Gasteiger partial charge in [-0.3, -0.25) is 4.79 Å². The summed E-state index contributed by atoms with van der Waals surface area (Å²) in [5.41, 5.74) is 0.450. The Kier molecular flexibility index (Phi) is 4.22. The molecule has 16 heavy (non-hydrogen) atoms. The van der Waals surface area contributed by atoms with Crippen molar-refractivity contribution < 1.29 is 18.3 Å². The van der Waals surface area contributed by atoms with Crippen molar-refractivity contribution in [1.29, 1.82) is 0 Å². The van der Waals surface area contributed by atoms with Crippen LogP contribution in [0.3, 0.4) is 0 Å². The highest BCUT2D eigenvalue weighted by Crippen LogP contribution is 2.15. The monoisotopic (exact) mass is 229 g/mol. The van der Waals surface area contributed by atoms with Crippen molar-refractivity contribution >= 4 is 5.91 Å². The van der Waals surface area contributed by atoms with Crippen molar-refractivity contribution in [3.05, 3.63) is 29.8 Å². The highest BCUT2D eigenvalue weighted by atomic mass is 19.3. The Bertz CT molecular complexity index is 352. The fraction of sp³-hybridized carbons (Fsp3) is 0.364. The van der Waals surface area contributed by atoms with Crippen molar-refractivity contribution in [3.8, 4) is 5.75 Å². The zero-order valence-electron chi connectivity index (χ0n) is 9.11. The molecule has 0 atom stereocenters. The van der Waals surface area contributed by atoms with Crippen LogP contribution < -0.4 is 4.74 Å². The fourth-order valence-corrected chi connectivity index (χ4v) is 1.14. The molecule has 1 rings (SSSR count). The number of carbonyl (C=O) groups is 1. The molecule has 0 radical (unpaired) electrons.